The number of aliphatic hydroxyl groups excluding tert-OH is 1. The molecule has 0 radical (unpaired) electrons. The molecule has 0 saturated heterocycles. The molecule has 1 aromatic rings. The normalized spacial score (nSPS) is 13.9. The average Bonchev–Trinajstić information content (AvgIpc) is 2.89. The minimum atomic E-state index is -0.155. The SMILES string of the molecule is CCC(CCO)NC(=O)NCC(C)c1ccsc1. The van der Waals surface area contributed by atoms with Crippen LogP contribution >= 0.6 is 11.3 Å². The molecule has 0 bridgehead atoms. The van der Waals surface area contributed by atoms with Crippen LogP contribution in [0.1, 0.15) is 38.2 Å². The highest BCUT2D eigenvalue weighted by atomic mass is 32.1. The van der Waals surface area contributed by atoms with Crippen molar-refractivity contribution in [2.24, 2.45) is 0 Å². The van der Waals surface area contributed by atoms with E-state index in [0.717, 1.165) is 6.42 Å². The van der Waals surface area contributed by atoms with Gasteiger partial charge in [0.25, 0.3) is 0 Å². The van der Waals surface area contributed by atoms with Crippen LogP contribution in [0.4, 0.5) is 4.79 Å². The molecule has 0 fully saturated rings. The number of hydrogen-bond donors (Lipinski definition) is 3. The van der Waals surface area contributed by atoms with Crippen LogP contribution in [0.15, 0.2) is 16.8 Å². The van der Waals surface area contributed by atoms with E-state index in [4.69, 9.17) is 5.11 Å². The zero-order chi connectivity index (χ0) is 13.4. The van der Waals surface area contributed by atoms with E-state index >= 15 is 0 Å². The maximum Gasteiger partial charge on any atom is 0.315 e. The minimum Gasteiger partial charge on any atom is -0.396 e. The Labute approximate surface area is 112 Å². The number of urea groups is 1. The van der Waals surface area contributed by atoms with Gasteiger partial charge in [-0.2, -0.15) is 11.3 Å². The van der Waals surface area contributed by atoms with Crippen molar-refractivity contribution in [2.75, 3.05) is 13.2 Å². The molecule has 0 aliphatic rings. The fraction of sp³-hybridized carbons (Fsp3) is 0.615. The van der Waals surface area contributed by atoms with E-state index in [9.17, 15) is 4.79 Å². The summed E-state index contributed by atoms with van der Waals surface area (Å²) in [7, 11) is 0. The Morgan fingerprint density at radius 1 is 1.56 bits per heavy atom. The number of rotatable bonds is 7. The van der Waals surface area contributed by atoms with Gasteiger partial charge in [0.05, 0.1) is 0 Å². The smallest absolute Gasteiger partial charge is 0.315 e. The molecule has 2 unspecified atom stereocenters. The second-order valence-corrected chi connectivity index (χ2v) is 5.21. The summed E-state index contributed by atoms with van der Waals surface area (Å²) >= 11 is 1.67. The van der Waals surface area contributed by atoms with Crippen LogP contribution in [0, 0.1) is 0 Å². The van der Waals surface area contributed by atoms with Crippen molar-refractivity contribution in [2.45, 2.75) is 38.6 Å². The first-order valence-corrected chi connectivity index (χ1v) is 7.29. The van der Waals surface area contributed by atoms with Crippen molar-refractivity contribution in [3.8, 4) is 0 Å². The predicted molar refractivity (Wildman–Crippen MR) is 75.1 cm³/mol. The maximum absolute atomic E-state index is 11.7. The number of hydrogen-bond acceptors (Lipinski definition) is 3. The van der Waals surface area contributed by atoms with E-state index in [1.807, 2.05) is 12.3 Å². The third-order valence-electron chi connectivity index (χ3n) is 2.99. The fourth-order valence-electron chi connectivity index (χ4n) is 1.69. The molecule has 18 heavy (non-hydrogen) atoms. The number of nitrogens with one attached hydrogen (secondary N) is 2. The summed E-state index contributed by atoms with van der Waals surface area (Å²) in [4.78, 5) is 11.7. The predicted octanol–water partition coefficient (Wildman–Crippen LogP) is 2.31. The van der Waals surface area contributed by atoms with Crippen molar-refractivity contribution in [3.05, 3.63) is 22.4 Å². The van der Waals surface area contributed by atoms with Crippen LogP contribution in [0.5, 0.6) is 0 Å². The van der Waals surface area contributed by atoms with Gasteiger partial charge in [0.1, 0.15) is 0 Å². The summed E-state index contributed by atoms with van der Waals surface area (Å²) in [5.41, 5.74) is 1.25. The number of thiophene rings is 1. The molecule has 5 heteroatoms. The first kappa shape index (κ1) is 15.0. The van der Waals surface area contributed by atoms with Crippen LogP contribution in [0.25, 0.3) is 0 Å². The summed E-state index contributed by atoms with van der Waals surface area (Å²) in [5, 5.41) is 18.7. The first-order chi connectivity index (χ1) is 8.67. The van der Waals surface area contributed by atoms with E-state index < -0.39 is 0 Å². The summed E-state index contributed by atoms with van der Waals surface area (Å²) in [5.74, 6) is 0.319. The highest BCUT2D eigenvalue weighted by Gasteiger charge is 2.11. The lowest BCUT2D eigenvalue weighted by Gasteiger charge is -2.17. The number of amides is 2. The average molecular weight is 270 g/mol. The third-order valence-corrected chi connectivity index (χ3v) is 3.69. The second-order valence-electron chi connectivity index (χ2n) is 4.43. The van der Waals surface area contributed by atoms with Gasteiger partial charge in [0.15, 0.2) is 0 Å². The third kappa shape index (κ3) is 5.06. The molecule has 1 aromatic heterocycles. The highest BCUT2D eigenvalue weighted by Crippen LogP contribution is 2.16. The van der Waals surface area contributed by atoms with Gasteiger partial charge in [-0.1, -0.05) is 13.8 Å². The van der Waals surface area contributed by atoms with E-state index in [1.165, 1.54) is 5.56 Å². The van der Waals surface area contributed by atoms with E-state index in [1.54, 1.807) is 11.3 Å². The number of carbonyl (C=O) groups is 1. The Morgan fingerprint density at radius 2 is 2.33 bits per heavy atom. The van der Waals surface area contributed by atoms with Gasteiger partial charge in [-0.25, -0.2) is 4.79 Å². The summed E-state index contributed by atoms with van der Waals surface area (Å²) in [6.07, 6.45) is 1.43. The summed E-state index contributed by atoms with van der Waals surface area (Å²) in [6, 6.07) is 1.97. The molecule has 2 atom stereocenters. The standard InChI is InChI=1S/C13H22N2O2S/c1-3-12(4-6-16)15-13(17)14-8-10(2)11-5-7-18-9-11/h5,7,9-10,12,16H,3-4,6,8H2,1-2H3,(H2,14,15,17). The van der Waals surface area contributed by atoms with E-state index in [2.05, 4.69) is 29.0 Å². The van der Waals surface area contributed by atoms with Crippen molar-refractivity contribution >= 4 is 17.4 Å². The Balaban J connectivity index is 2.28. The van der Waals surface area contributed by atoms with Crippen LogP contribution in [0.3, 0.4) is 0 Å². The van der Waals surface area contributed by atoms with Gasteiger partial charge in [-0.05, 0) is 41.1 Å². The number of carbonyl (C=O) groups excluding carboxylic acids is 1. The molecule has 1 rings (SSSR count). The number of aliphatic hydroxyl groups is 1. The molecule has 3 N–H and O–H groups in total. The summed E-state index contributed by atoms with van der Waals surface area (Å²) < 4.78 is 0. The molecule has 0 spiro atoms. The van der Waals surface area contributed by atoms with E-state index in [-0.39, 0.29) is 18.7 Å². The molecule has 0 aliphatic carbocycles. The Bertz CT molecular complexity index is 341. The van der Waals surface area contributed by atoms with Gasteiger partial charge < -0.3 is 15.7 Å². The minimum absolute atomic E-state index is 0.0476. The van der Waals surface area contributed by atoms with Crippen LogP contribution < -0.4 is 10.6 Å². The molecule has 0 aromatic carbocycles. The first-order valence-electron chi connectivity index (χ1n) is 6.34. The molecule has 0 aliphatic heterocycles. The van der Waals surface area contributed by atoms with Gasteiger partial charge in [0.2, 0.25) is 0 Å². The van der Waals surface area contributed by atoms with Gasteiger partial charge in [-0.15, -0.1) is 0 Å². The Kier molecular flexibility index (Phi) is 6.75. The lowest BCUT2D eigenvalue weighted by molar-refractivity contribution is 0.227. The van der Waals surface area contributed by atoms with Crippen molar-refractivity contribution in [1.82, 2.24) is 10.6 Å². The topological polar surface area (TPSA) is 61.4 Å². The van der Waals surface area contributed by atoms with Gasteiger partial charge >= 0.3 is 6.03 Å². The van der Waals surface area contributed by atoms with E-state index in [0.29, 0.717) is 18.9 Å². The fourth-order valence-corrected chi connectivity index (χ4v) is 2.47. The summed E-state index contributed by atoms with van der Waals surface area (Å²) in [6.45, 7) is 4.81. The quantitative estimate of drug-likeness (QED) is 0.712. The molecule has 102 valence electrons. The van der Waals surface area contributed by atoms with Crippen molar-refractivity contribution in [3.63, 3.8) is 0 Å². The maximum atomic E-state index is 11.7. The zero-order valence-electron chi connectivity index (χ0n) is 11.0. The molecule has 1 heterocycles. The molecular formula is C13H22N2O2S. The van der Waals surface area contributed by atoms with Crippen LogP contribution in [0.2, 0.25) is 0 Å². The molecular weight excluding hydrogens is 248 g/mol. The Morgan fingerprint density at radius 3 is 2.89 bits per heavy atom. The monoisotopic (exact) mass is 270 g/mol. The second kappa shape index (κ2) is 8.11. The van der Waals surface area contributed by atoms with Crippen molar-refractivity contribution in [1.29, 1.82) is 0 Å². The van der Waals surface area contributed by atoms with Crippen LogP contribution in [-0.4, -0.2) is 30.3 Å². The largest absolute Gasteiger partial charge is 0.396 e. The van der Waals surface area contributed by atoms with Gasteiger partial charge in [0, 0.05) is 19.2 Å². The van der Waals surface area contributed by atoms with Gasteiger partial charge in [-0.3, -0.25) is 0 Å². The highest BCUT2D eigenvalue weighted by molar-refractivity contribution is 7.07. The lowest BCUT2D eigenvalue weighted by Crippen LogP contribution is -2.43. The van der Waals surface area contributed by atoms with Crippen molar-refractivity contribution < 1.29 is 9.90 Å². The molecule has 0 saturated carbocycles. The molecule has 2 amide bonds. The zero-order valence-corrected chi connectivity index (χ0v) is 11.8. The lowest BCUT2D eigenvalue weighted by atomic mass is 10.1. The molecule has 4 nitrogen and oxygen atoms in total. The van der Waals surface area contributed by atoms with Crippen LogP contribution in [-0.2, 0) is 0 Å². The Hall–Kier alpha value is -1.07.